The van der Waals surface area contributed by atoms with E-state index in [0.717, 1.165) is 88.1 Å². The van der Waals surface area contributed by atoms with Gasteiger partial charge in [-0.3, -0.25) is 19.7 Å². The number of alkyl carbamates (subject to hydrolysis) is 1. The van der Waals surface area contributed by atoms with Crippen LogP contribution in [-0.2, 0) is 18.3 Å². The molecule has 492 valence electrons. The predicted octanol–water partition coefficient (Wildman–Crippen LogP) is 14.5. The van der Waals surface area contributed by atoms with Crippen LogP contribution in [0.4, 0.5) is 27.5 Å². The Hall–Kier alpha value is -8.23. The Morgan fingerprint density at radius 2 is 1.17 bits per heavy atom. The molecule has 1 aliphatic heterocycles. The molecule has 23 heteroatoms. The summed E-state index contributed by atoms with van der Waals surface area (Å²) in [5, 5.41) is 10.2. The number of aromatic nitrogens is 7. The summed E-state index contributed by atoms with van der Waals surface area (Å²) in [5.41, 5.74) is 9.96. The summed E-state index contributed by atoms with van der Waals surface area (Å²) in [6.45, 7) is 29.5. The first-order valence-electron chi connectivity index (χ1n) is 31.5. The number of anilines is 4. The van der Waals surface area contributed by atoms with Crippen LogP contribution < -0.4 is 39.4 Å². The van der Waals surface area contributed by atoms with Crippen LogP contribution in [-0.4, -0.2) is 143 Å². The molecule has 0 spiro atoms. The van der Waals surface area contributed by atoms with E-state index in [1.54, 1.807) is 79.9 Å². The number of rotatable bonds is 25. The van der Waals surface area contributed by atoms with Crippen molar-refractivity contribution in [1.29, 1.82) is 0 Å². The van der Waals surface area contributed by atoms with E-state index in [1.165, 1.54) is 0 Å². The molecule has 5 heterocycles. The fraction of sp³-hybridized carbons (Fsp3) is 0.449. The zero-order chi connectivity index (χ0) is 66.4. The molecule has 1 unspecified atom stereocenters. The van der Waals surface area contributed by atoms with Gasteiger partial charge in [0.05, 0.1) is 87.5 Å². The third kappa shape index (κ3) is 18.5. The lowest BCUT2D eigenvalue weighted by atomic mass is 10.1. The average Bonchev–Trinajstić information content (AvgIpc) is 1.05. The molecule has 1 atom stereocenters. The summed E-state index contributed by atoms with van der Waals surface area (Å²) in [4.78, 5) is 52.9. The molecule has 1 fully saturated rings. The zero-order valence-corrected chi connectivity index (χ0v) is 58.5. The number of hydrogen-bond acceptors (Lipinski definition) is 18. The van der Waals surface area contributed by atoms with Crippen LogP contribution in [0.1, 0.15) is 97.8 Å². The second kappa shape index (κ2) is 30.9. The molecular weight excluding hydrogens is 1200 g/mol. The molecule has 2 N–H and O–H groups in total. The van der Waals surface area contributed by atoms with Gasteiger partial charge in [0.1, 0.15) is 40.0 Å². The molecule has 0 aliphatic carbocycles. The van der Waals surface area contributed by atoms with Crippen LogP contribution in [0.25, 0.3) is 44.7 Å². The van der Waals surface area contributed by atoms with Gasteiger partial charge in [0, 0.05) is 110 Å². The van der Waals surface area contributed by atoms with E-state index in [0.29, 0.717) is 79.6 Å². The zero-order valence-electron chi connectivity index (χ0n) is 56.5. The van der Waals surface area contributed by atoms with Gasteiger partial charge in [0.25, 0.3) is 5.91 Å². The Morgan fingerprint density at radius 1 is 0.630 bits per heavy atom. The molecule has 8 aromatic rings. The summed E-state index contributed by atoms with van der Waals surface area (Å²) in [5.74, 6) is 2.48. The Balaban J connectivity index is 0.000000242. The molecule has 1 saturated heterocycles. The third-order valence-corrected chi connectivity index (χ3v) is 25.0. The predicted molar refractivity (Wildman–Crippen MR) is 368 cm³/mol. The van der Waals surface area contributed by atoms with Crippen molar-refractivity contribution in [3.63, 3.8) is 0 Å². The number of hydrogen-bond donors (Lipinski definition) is 2. The maximum atomic E-state index is 12.9. The van der Waals surface area contributed by atoms with Crippen LogP contribution in [0.15, 0.2) is 116 Å². The number of carbonyl (C=O) groups excluding carboxylic acids is 2. The molecule has 2 amide bonds. The highest BCUT2D eigenvalue weighted by molar-refractivity contribution is 6.74. The minimum absolute atomic E-state index is 0.0743. The van der Waals surface area contributed by atoms with Crippen molar-refractivity contribution >= 4 is 73.5 Å². The molecule has 1 aliphatic rings. The Bertz CT molecular complexity index is 3730. The van der Waals surface area contributed by atoms with E-state index in [9.17, 15) is 9.59 Å². The topological polar surface area (TPSA) is 221 Å². The number of carbonyl (C=O) groups is 2. The molecule has 4 aromatic heterocycles. The highest BCUT2D eigenvalue weighted by Crippen LogP contribution is 2.39. The Labute approximate surface area is 544 Å². The van der Waals surface area contributed by atoms with Crippen molar-refractivity contribution in [1.82, 2.24) is 45.3 Å². The van der Waals surface area contributed by atoms with Crippen LogP contribution in [0.2, 0.25) is 36.8 Å². The summed E-state index contributed by atoms with van der Waals surface area (Å²) < 4.78 is 48.6. The summed E-state index contributed by atoms with van der Waals surface area (Å²) in [7, 11) is 2.81. The quantitative estimate of drug-likeness (QED) is 0.0401. The average molecular weight is 1290 g/mol. The van der Waals surface area contributed by atoms with Gasteiger partial charge in [0.15, 0.2) is 22.9 Å². The van der Waals surface area contributed by atoms with Crippen molar-refractivity contribution in [2.45, 2.75) is 130 Å². The maximum Gasteiger partial charge on any atom is 0.407 e. The molecule has 4 aromatic carbocycles. The van der Waals surface area contributed by atoms with Gasteiger partial charge in [-0.05, 0) is 138 Å². The van der Waals surface area contributed by atoms with Crippen molar-refractivity contribution in [3.8, 4) is 45.6 Å². The molecule has 21 nitrogen and oxygen atoms in total. The number of pyridine rings is 1. The first-order valence-corrected chi connectivity index (χ1v) is 37.4. The number of fused-ring (bicyclic) bond motifs is 2. The van der Waals surface area contributed by atoms with Gasteiger partial charge in [-0.25, -0.2) is 19.4 Å². The highest BCUT2D eigenvalue weighted by atomic mass is 28.4. The van der Waals surface area contributed by atoms with Gasteiger partial charge < -0.3 is 57.7 Å². The largest absolute Gasteiger partial charge is 0.497 e. The first kappa shape index (κ1) is 69.7. The maximum absolute atomic E-state index is 12.9. The Kier molecular flexibility index (Phi) is 23.4. The number of amides is 2. The SMILES string of the molecule is COc1cc(OC)cc(N(CCO[Si](C)(C)C(C)(C)C)c2ccc3ncc(-c4ccnc(C(=O)NCCCNC(=O)OC(C)(C)C)c4)nc3c2)c1.COc1cc(OC)cc(N(CCO[Si](C)(C)C(C)C)c2ccc3ncc(-c4ccnn4C4CCCCO4)nc3c2)c1. The number of methoxy groups -OCH3 is 4. The van der Waals surface area contributed by atoms with Crippen LogP contribution in [0, 0.1) is 0 Å². The van der Waals surface area contributed by atoms with Gasteiger partial charge in [-0.1, -0.05) is 34.6 Å². The van der Waals surface area contributed by atoms with E-state index in [-0.39, 0.29) is 22.9 Å². The summed E-state index contributed by atoms with van der Waals surface area (Å²) in [6, 6.07) is 29.3. The van der Waals surface area contributed by atoms with Gasteiger partial charge in [0.2, 0.25) is 0 Å². The van der Waals surface area contributed by atoms with Crippen molar-refractivity contribution < 1.29 is 46.9 Å². The molecule has 0 saturated carbocycles. The molecule has 92 heavy (non-hydrogen) atoms. The highest BCUT2D eigenvalue weighted by Gasteiger charge is 2.37. The standard InChI is InChI=1S/C38H52N6O6Si.C31H41N5O4Si/c1-37(2,3)50-36(46)41-16-11-15-40-35(45)33-20-26(14-17-39-33)34-25-42-31-13-12-27(23-32(31)43-34)44(18-19-49-51(9,10)38(4,5)6)28-21-29(47-7)24-30(22-28)48-8;1-22(2)41(5,6)40-16-14-35(24-17-25(37-3)20-26(18-24)38-4)23-10-11-27-28(19-23)34-29(21-32-27)30-12-13-33-36(30)31-9-7-8-15-39-31/h12-14,17,20-25H,11,15-16,18-19H2,1-10H3,(H,40,45)(H,41,46);10-13,17-22,31H,7-9,14-16H2,1-6H3. The van der Waals surface area contributed by atoms with E-state index in [4.69, 9.17) is 52.2 Å². The van der Waals surface area contributed by atoms with Gasteiger partial charge in [-0.2, -0.15) is 5.10 Å². The second-order valence-electron chi connectivity index (χ2n) is 26.0. The fourth-order valence-corrected chi connectivity index (χ4v) is 11.7. The molecule has 9 rings (SSSR count). The lowest BCUT2D eigenvalue weighted by molar-refractivity contribution is -0.0384. The van der Waals surface area contributed by atoms with Crippen molar-refractivity contribution in [3.05, 3.63) is 121 Å². The number of nitrogens with zero attached hydrogens (tertiary/aromatic N) is 9. The van der Waals surface area contributed by atoms with E-state index in [2.05, 4.69) is 108 Å². The fourth-order valence-electron chi connectivity index (χ4n) is 9.75. The summed E-state index contributed by atoms with van der Waals surface area (Å²) in [6.07, 6.45) is 10.0. The van der Waals surface area contributed by atoms with Gasteiger partial charge >= 0.3 is 6.09 Å². The lowest BCUT2D eigenvalue weighted by Crippen LogP contribution is -2.42. The van der Waals surface area contributed by atoms with Crippen LogP contribution >= 0.6 is 0 Å². The third-order valence-electron chi connectivity index (χ3n) is 16.7. The van der Waals surface area contributed by atoms with Crippen molar-refractivity contribution in [2.75, 3.05) is 84.2 Å². The minimum Gasteiger partial charge on any atom is -0.497 e. The Morgan fingerprint density at radius 3 is 1.70 bits per heavy atom. The number of benzene rings is 4. The summed E-state index contributed by atoms with van der Waals surface area (Å²) >= 11 is 0. The van der Waals surface area contributed by atoms with E-state index >= 15 is 0 Å². The van der Waals surface area contributed by atoms with Gasteiger partial charge in [-0.15, -0.1) is 0 Å². The molecule has 0 bridgehead atoms. The number of ether oxygens (including phenoxy) is 6. The first-order chi connectivity index (χ1) is 43.8. The number of nitrogens with one attached hydrogen (secondary N) is 2. The molecule has 0 radical (unpaired) electrons. The van der Waals surface area contributed by atoms with Crippen molar-refractivity contribution in [2.24, 2.45) is 0 Å². The smallest absolute Gasteiger partial charge is 0.407 e. The lowest BCUT2D eigenvalue weighted by Gasteiger charge is -2.37. The van der Waals surface area contributed by atoms with E-state index < -0.39 is 28.3 Å². The van der Waals surface area contributed by atoms with Crippen LogP contribution in [0.3, 0.4) is 0 Å². The van der Waals surface area contributed by atoms with E-state index in [1.807, 2.05) is 77.6 Å². The van der Waals surface area contributed by atoms with Crippen LogP contribution in [0.5, 0.6) is 23.0 Å². The second-order valence-corrected chi connectivity index (χ2v) is 35.4. The monoisotopic (exact) mass is 1290 g/mol. The normalized spacial score (nSPS) is 13.7. The molecular formula is C69H93N11O10Si2. The minimum atomic E-state index is -1.99.